The van der Waals surface area contributed by atoms with Crippen molar-refractivity contribution in [2.75, 3.05) is 26.2 Å². The van der Waals surface area contributed by atoms with Gasteiger partial charge in [-0.25, -0.2) is 0 Å². The number of nitrogens with zero attached hydrogens (tertiary/aromatic N) is 1. The summed E-state index contributed by atoms with van der Waals surface area (Å²) in [6.45, 7) is 5.97. The molecule has 1 aromatic rings. The Morgan fingerprint density at radius 1 is 1.12 bits per heavy atom. The summed E-state index contributed by atoms with van der Waals surface area (Å²) >= 11 is 0. The number of aryl methyl sites for hydroxylation is 1. The van der Waals surface area contributed by atoms with Crippen LogP contribution in [0.25, 0.3) is 0 Å². The summed E-state index contributed by atoms with van der Waals surface area (Å²) in [4.78, 5) is 14.5. The minimum atomic E-state index is 0.237. The molecule has 4 heteroatoms. The van der Waals surface area contributed by atoms with Gasteiger partial charge in [0, 0.05) is 32.4 Å². The minimum absolute atomic E-state index is 0.237. The highest BCUT2D eigenvalue weighted by atomic mass is 16.5. The van der Waals surface area contributed by atoms with Crippen LogP contribution in [0, 0.1) is 12.8 Å². The van der Waals surface area contributed by atoms with E-state index in [4.69, 9.17) is 4.74 Å². The van der Waals surface area contributed by atoms with Crippen LogP contribution in [0.5, 0.6) is 5.75 Å². The lowest BCUT2D eigenvalue weighted by molar-refractivity contribution is -0.133. The third kappa shape index (κ3) is 4.97. The van der Waals surface area contributed by atoms with E-state index in [1.54, 1.807) is 0 Å². The Morgan fingerprint density at radius 2 is 1.79 bits per heavy atom. The van der Waals surface area contributed by atoms with Gasteiger partial charge in [0.05, 0.1) is 0 Å². The first-order valence-electron chi connectivity index (χ1n) is 9.42. The fraction of sp³-hybridized carbons (Fsp3) is 0.650. The Labute approximate surface area is 145 Å². The second kappa shape index (κ2) is 8.52. The molecule has 0 aliphatic carbocycles. The molecular weight excluding hydrogens is 300 g/mol. The highest BCUT2D eigenvalue weighted by molar-refractivity contribution is 5.76. The van der Waals surface area contributed by atoms with Gasteiger partial charge in [-0.2, -0.15) is 0 Å². The number of carbonyl (C=O) groups excluding carboxylic acids is 1. The molecule has 2 saturated heterocycles. The predicted octanol–water partition coefficient (Wildman–Crippen LogP) is 3.14. The standard InChI is InChI=1S/C20H30N2O2/c1-16-2-5-18(6-3-16)24-19-10-14-22(15-11-19)20(23)7-4-17-8-12-21-13-9-17/h2-3,5-6,17,19,21H,4,7-15H2,1H3. The van der Waals surface area contributed by atoms with Gasteiger partial charge in [-0.05, 0) is 57.3 Å². The number of hydrogen-bond acceptors (Lipinski definition) is 3. The molecule has 1 aromatic carbocycles. The molecular formula is C20H30N2O2. The smallest absolute Gasteiger partial charge is 0.222 e. The molecule has 0 atom stereocenters. The Hall–Kier alpha value is -1.55. The summed E-state index contributed by atoms with van der Waals surface area (Å²) in [5.74, 6) is 2.01. The topological polar surface area (TPSA) is 41.6 Å². The molecule has 2 fully saturated rings. The first kappa shape index (κ1) is 17.3. The third-order valence-electron chi connectivity index (χ3n) is 5.34. The number of likely N-dealkylation sites (tertiary alicyclic amines) is 1. The summed E-state index contributed by atoms with van der Waals surface area (Å²) in [5.41, 5.74) is 1.25. The average Bonchev–Trinajstić information content (AvgIpc) is 2.63. The molecule has 3 rings (SSSR count). The quantitative estimate of drug-likeness (QED) is 0.902. The number of benzene rings is 1. The van der Waals surface area contributed by atoms with Gasteiger partial charge in [-0.15, -0.1) is 0 Å². The van der Waals surface area contributed by atoms with Gasteiger partial charge in [-0.3, -0.25) is 4.79 Å². The van der Waals surface area contributed by atoms with Crippen molar-refractivity contribution < 1.29 is 9.53 Å². The monoisotopic (exact) mass is 330 g/mol. The number of nitrogens with one attached hydrogen (secondary N) is 1. The van der Waals surface area contributed by atoms with Gasteiger partial charge >= 0.3 is 0 Å². The maximum Gasteiger partial charge on any atom is 0.222 e. The van der Waals surface area contributed by atoms with E-state index in [1.807, 2.05) is 17.0 Å². The van der Waals surface area contributed by atoms with E-state index >= 15 is 0 Å². The fourth-order valence-corrected chi connectivity index (χ4v) is 3.69. The first-order chi connectivity index (χ1) is 11.7. The van der Waals surface area contributed by atoms with Crippen molar-refractivity contribution in [3.63, 3.8) is 0 Å². The molecule has 0 spiro atoms. The SMILES string of the molecule is Cc1ccc(OC2CCN(C(=O)CCC3CCNCC3)CC2)cc1. The van der Waals surface area contributed by atoms with Gasteiger partial charge in [0.15, 0.2) is 0 Å². The summed E-state index contributed by atoms with van der Waals surface area (Å²) in [5, 5.41) is 3.38. The molecule has 0 bridgehead atoms. The fourth-order valence-electron chi connectivity index (χ4n) is 3.69. The van der Waals surface area contributed by atoms with Crippen LogP contribution in [0.2, 0.25) is 0 Å². The Balaban J connectivity index is 1.37. The van der Waals surface area contributed by atoms with Crippen molar-refractivity contribution in [1.82, 2.24) is 10.2 Å². The number of rotatable bonds is 5. The van der Waals surface area contributed by atoms with Crippen LogP contribution in [-0.2, 0) is 4.79 Å². The molecule has 132 valence electrons. The van der Waals surface area contributed by atoms with E-state index < -0.39 is 0 Å². The van der Waals surface area contributed by atoms with E-state index in [2.05, 4.69) is 24.4 Å². The van der Waals surface area contributed by atoms with Crippen molar-refractivity contribution >= 4 is 5.91 Å². The number of piperidine rings is 2. The van der Waals surface area contributed by atoms with Crippen LogP contribution in [0.4, 0.5) is 0 Å². The van der Waals surface area contributed by atoms with Crippen LogP contribution < -0.4 is 10.1 Å². The highest BCUT2D eigenvalue weighted by Gasteiger charge is 2.24. The van der Waals surface area contributed by atoms with Gasteiger partial charge in [0.25, 0.3) is 0 Å². The lowest BCUT2D eigenvalue weighted by Crippen LogP contribution is -2.42. The van der Waals surface area contributed by atoms with E-state index in [-0.39, 0.29) is 6.10 Å². The lowest BCUT2D eigenvalue weighted by Gasteiger charge is -2.33. The number of carbonyl (C=O) groups is 1. The van der Waals surface area contributed by atoms with Crippen molar-refractivity contribution in [2.45, 2.75) is 51.6 Å². The zero-order valence-electron chi connectivity index (χ0n) is 14.8. The van der Waals surface area contributed by atoms with Crippen LogP contribution >= 0.6 is 0 Å². The average molecular weight is 330 g/mol. The molecule has 2 aliphatic rings. The molecule has 2 heterocycles. The van der Waals surface area contributed by atoms with Gasteiger partial charge in [0.1, 0.15) is 11.9 Å². The Morgan fingerprint density at radius 3 is 2.46 bits per heavy atom. The van der Waals surface area contributed by atoms with E-state index in [9.17, 15) is 4.79 Å². The number of ether oxygens (including phenoxy) is 1. The Kier molecular flexibility index (Phi) is 6.13. The van der Waals surface area contributed by atoms with Crippen LogP contribution in [0.15, 0.2) is 24.3 Å². The Bertz CT molecular complexity index is 515. The molecule has 0 saturated carbocycles. The molecule has 1 N–H and O–H groups in total. The molecule has 0 aromatic heterocycles. The van der Waals surface area contributed by atoms with Gasteiger partial charge in [-0.1, -0.05) is 17.7 Å². The summed E-state index contributed by atoms with van der Waals surface area (Å²) in [6.07, 6.45) is 6.33. The predicted molar refractivity (Wildman–Crippen MR) is 96.2 cm³/mol. The van der Waals surface area contributed by atoms with E-state index in [0.29, 0.717) is 12.3 Å². The van der Waals surface area contributed by atoms with E-state index in [1.165, 1.54) is 18.4 Å². The zero-order chi connectivity index (χ0) is 16.8. The molecule has 24 heavy (non-hydrogen) atoms. The molecule has 0 unspecified atom stereocenters. The lowest BCUT2D eigenvalue weighted by atomic mass is 9.93. The zero-order valence-corrected chi connectivity index (χ0v) is 14.8. The summed E-state index contributed by atoms with van der Waals surface area (Å²) < 4.78 is 6.05. The van der Waals surface area contributed by atoms with E-state index in [0.717, 1.165) is 57.1 Å². The van der Waals surface area contributed by atoms with Crippen LogP contribution in [0.1, 0.15) is 44.1 Å². The molecule has 0 radical (unpaired) electrons. The normalized spacial score (nSPS) is 20.1. The maximum atomic E-state index is 12.4. The number of hydrogen-bond donors (Lipinski definition) is 1. The van der Waals surface area contributed by atoms with Crippen molar-refractivity contribution in [2.24, 2.45) is 5.92 Å². The van der Waals surface area contributed by atoms with Crippen molar-refractivity contribution in [1.29, 1.82) is 0 Å². The van der Waals surface area contributed by atoms with Crippen molar-refractivity contribution in [3.05, 3.63) is 29.8 Å². The largest absolute Gasteiger partial charge is 0.490 e. The molecule has 4 nitrogen and oxygen atoms in total. The van der Waals surface area contributed by atoms with Gasteiger partial charge < -0.3 is 15.0 Å². The summed E-state index contributed by atoms with van der Waals surface area (Å²) in [6, 6.07) is 8.22. The second-order valence-electron chi connectivity index (χ2n) is 7.24. The summed E-state index contributed by atoms with van der Waals surface area (Å²) in [7, 11) is 0. The van der Waals surface area contributed by atoms with Crippen LogP contribution in [0.3, 0.4) is 0 Å². The first-order valence-corrected chi connectivity index (χ1v) is 9.42. The van der Waals surface area contributed by atoms with Gasteiger partial charge in [0.2, 0.25) is 5.91 Å². The van der Waals surface area contributed by atoms with Crippen LogP contribution in [-0.4, -0.2) is 43.1 Å². The molecule has 1 amide bonds. The van der Waals surface area contributed by atoms with Crippen molar-refractivity contribution in [3.8, 4) is 5.75 Å². The number of amides is 1. The maximum absolute atomic E-state index is 12.4. The third-order valence-corrected chi connectivity index (χ3v) is 5.34. The second-order valence-corrected chi connectivity index (χ2v) is 7.24. The minimum Gasteiger partial charge on any atom is -0.490 e. The highest BCUT2D eigenvalue weighted by Crippen LogP contribution is 2.22. The molecule has 2 aliphatic heterocycles.